The van der Waals surface area contributed by atoms with Crippen molar-refractivity contribution in [3.05, 3.63) is 68.7 Å². The Labute approximate surface area is 123 Å². The number of hydrogen-bond acceptors (Lipinski definition) is 1. The van der Waals surface area contributed by atoms with Gasteiger partial charge in [-0.3, -0.25) is 0 Å². The third kappa shape index (κ3) is 3.53. The zero-order valence-corrected chi connectivity index (χ0v) is 12.0. The molecule has 100 valence electrons. The summed E-state index contributed by atoms with van der Waals surface area (Å²) in [5, 5.41) is 10.4. The van der Waals surface area contributed by atoms with Crippen LogP contribution in [0.5, 0.6) is 0 Å². The van der Waals surface area contributed by atoms with Crippen molar-refractivity contribution in [3.63, 3.8) is 0 Å². The average molecular weight is 348 g/mol. The zero-order valence-electron chi connectivity index (χ0n) is 9.71. The Kier molecular flexibility index (Phi) is 4.55. The van der Waals surface area contributed by atoms with Gasteiger partial charge in [-0.1, -0.05) is 39.7 Å². The lowest BCUT2D eigenvalue weighted by Gasteiger charge is -2.14. The molecule has 0 aliphatic carbocycles. The van der Waals surface area contributed by atoms with E-state index in [1.807, 2.05) is 0 Å². The first kappa shape index (κ1) is 14.4. The minimum Gasteiger partial charge on any atom is -0.388 e. The molecule has 1 atom stereocenters. The molecule has 0 amide bonds. The van der Waals surface area contributed by atoms with Gasteiger partial charge in [-0.15, -0.1) is 0 Å². The maximum absolute atomic E-state index is 13.0. The second-order valence-electron chi connectivity index (χ2n) is 4.12. The highest BCUT2D eigenvalue weighted by atomic mass is 79.9. The molecule has 0 spiro atoms. The van der Waals surface area contributed by atoms with E-state index >= 15 is 0 Å². The lowest BCUT2D eigenvalue weighted by Crippen LogP contribution is -2.03. The maximum Gasteiger partial charge on any atom is 0.124 e. The van der Waals surface area contributed by atoms with Gasteiger partial charge in [0.15, 0.2) is 0 Å². The van der Waals surface area contributed by atoms with E-state index < -0.39 is 11.9 Å². The molecule has 1 N–H and O–H groups in total. The predicted octanol–water partition coefficient (Wildman–Crippen LogP) is 4.66. The summed E-state index contributed by atoms with van der Waals surface area (Å²) in [6.07, 6.45) is -0.624. The molecule has 2 aromatic rings. The number of benzene rings is 2. The van der Waals surface area contributed by atoms with Crippen molar-refractivity contribution in [2.24, 2.45) is 0 Å². The molecule has 2 aromatic carbocycles. The Hall–Kier alpha value is -0.970. The molecule has 5 heteroatoms. The summed E-state index contributed by atoms with van der Waals surface area (Å²) < 4.78 is 26.4. The van der Waals surface area contributed by atoms with Crippen molar-refractivity contribution in [1.29, 1.82) is 0 Å². The van der Waals surface area contributed by atoms with Crippen molar-refractivity contribution < 1.29 is 13.9 Å². The molecule has 0 aliphatic rings. The molecule has 0 aliphatic heterocycles. The Morgan fingerprint density at radius 3 is 2.37 bits per heavy atom. The predicted molar refractivity (Wildman–Crippen MR) is 74.2 cm³/mol. The summed E-state index contributed by atoms with van der Waals surface area (Å²) in [6, 6.07) is 8.07. The number of aliphatic hydroxyl groups excluding tert-OH is 1. The van der Waals surface area contributed by atoms with Crippen molar-refractivity contribution in [1.82, 2.24) is 0 Å². The topological polar surface area (TPSA) is 20.2 Å². The molecule has 0 saturated carbocycles. The largest absolute Gasteiger partial charge is 0.388 e. The smallest absolute Gasteiger partial charge is 0.124 e. The van der Waals surface area contributed by atoms with E-state index in [2.05, 4.69) is 15.9 Å². The van der Waals surface area contributed by atoms with Crippen LogP contribution in [-0.4, -0.2) is 5.11 Å². The first-order valence-corrected chi connectivity index (χ1v) is 6.71. The summed E-state index contributed by atoms with van der Waals surface area (Å²) in [7, 11) is 0. The molecule has 0 saturated heterocycles. The lowest BCUT2D eigenvalue weighted by atomic mass is 10.0. The Bertz CT molecular complexity index is 604. The van der Waals surface area contributed by atoms with Crippen LogP contribution in [-0.2, 0) is 6.42 Å². The minimum absolute atomic E-state index is 0.226. The molecular weight excluding hydrogens is 338 g/mol. The molecule has 0 fully saturated rings. The van der Waals surface area contributed by atoms with Gasteiger partial charge in [0.05, 0.1) is 6.10 Å². The molecule has 0 radical (unpaired) electrons. The van der Waals surface area contributed by atoms with Crippen molar-refractivity contribution in [3.8, 4) is 0 Å². The summed E-state index contributed by atoms with van der Waals surface area (Å²) >= 11 is 9.10. The number of rotatable bonds is 3. The van der Waals surface area contributed by atoms with Gasteiger partial charge in [0, 0.05) is 15.9 Å². The molecule has 2 rings (SSSR count). The second kappa shape index (κ2) is 5.99. The van der Waals surface area contributed by atoms with Crippen LogP contribution < -0.4 is 0 Å². The van der Waals surface area contributed by atoms with Crippen LogP contribution in [0.25, 0.3) is 0 Å². The van der Waals surface area contributed by atoms with Gasteiger partial charge >= 0.3 is 0 Å². The van der Waals surface area contributed by atoms with E-state index in [9.17, 15) is 13.9 Å². The van der Waals surface area contributed by atoms with E-state index in [4.69, 9.17) is 11.6 Å². The Morgan fingerprint density at radius 1 is 1.11 bits per heavy atom. The van der Waals surface area contributed by atoms with E-state index in [1.165, 1.54) is 36.4 Å². The molecular formula is C14H10BrClF2O. The van der Waals surface area contributed by atoms with E-state index in [0.717, 1.165) is 0 Å². The van der Waals surface area contributed by atoms with Crippen molar-refractivity contribution in [2.75, 3.05) is 0 Å². The molecule has 0 heterocycles. The van der Waals surface area contributed by atoms with Gasteiger partial charge in [-0.05, 0) is 35.4 Å². The van der Waals surface area contributed by atoms with Gasteiger partial charge in [0.2, 0.25) is 0 Å². The lowest BCUT2D eigenvalue weighted by molar-refractivity contribution is 0.177. The number of halogens is 4. The Morgan fingerprint density at radius 2 is 1.74 bits per heavy atom. The summed E-state index contributed by atoms with van der Waals surface area (Å²) in [5.74, 6) is -0.811. The molecule has 1 unspecified atom stereocenters. The van der Waals surface area contributed by atoms with Crippen LogP contribution in [0.4, 0.5) is 8.78 Å². The highest BCUT2D eigenvalue weighted by molar-refractivity contribution is 9.10. The van der Waals surface area contributed by atoms with Gasteiger partial charge in [0.25, 0.3) is 0 Å². The van der Waals surface area contributed by atoms with Crippen LogP contribution in [0.1, 0.15) is 17.2 Å². The first-order valence-electron chi connectivity index (χ1n) is 5.54. The van der Waals surface area contributed by atoms with Crippen molar-refractivity contribution in [2.45, 2.75) is 12.5 Å². The number of hydrogen-bond donors (Lipinski definition) is 1. The number of aliphatic hydroxyl groups is 1. The van der Waals surface area contributed by atoms with Gasteiger partial charge < -0.3 is 5.11 Å². The molecule has 0 aromatic heterocycles. The Balaban J connectivity index is 2.23. The first-order chi connectivity index (χ1) is 8.97. The second-order valence-corrected chi connectivity index (χ2v) is 5.38. The highest BCUT2D eigenvalue weighted by Gasteiger charge is 2.14. The van der Waals surface area contributed by atoms with Gasteiger partial charge in [0.1, 0.15) is 11.6 Å². The third-order valence-corrected chi connectivity index (χ3v) is 3.79. The quantitative estimate of drug-likeness (QED) is 0.856. The zero-order chi connectivity index (χ0) is 14.0. The summed E-state index contributed by atoms with van der Waals surface area (Å²) in [5.41, 5.74) is 1.19. The van der Waals surface area contributed by atoms with Gasteiger partial charge in [-0.25, -0.2) is 8.78 Å². The fourth-order valence-corrected chi connectivity index (χ4v) is 2.64. The highest BCUT2D eigenvalue weighted by Crippen LogP contribution is 2.29. The summed E-state index contributed by atoms with van der Waals surface area (Å²) in [6.45, 7) is 0. The monoisotopic (exact) mass is 346 g/mol. The van der Waals surface area contributed by atoms with Crippen LogP contribution in [0.15, 0.2) is 40.9 Å². The van der Waals surface area contributed by atoms with E-state index in [-0.39, 0.29) is 17.3 Å². The normalized spacial score (nSPS) is 12.5. The molecule has 1 nitrogen and oxygen atoms in total. The van der Waals surface area contributed by atoms with Gasteiger partial charge in [-0.2, -0.15) is 0 Å². The van der Waals surface area contributed by atoms with Crippen LogP contribution in [0, 0.1) is 11.6 Å². The van der Waals surface area contributed by atoms with E-state index in [1.54, 1.807) is 0 Å². The third-order valence-electron chi connectivity index (χ3n) is 2.75. The standard InChI is InChI=1S/C14H10BrClF2O/c15-12-6-9(17)3-4-11(12)14(19)5-8-1-2-10(18)7-13(8)16/h1-4,6-7,14,19H,5H2. The van der Waals surface area contributed by atoms with Crippen LogP contribution in [0.2, 0.25) is 5.02 Å². The maximum atomic E-state index is 13.0. The molecule has 19 heavy (non-hydrogen) atoms. The molecule has 0 bridgehead atoms. The average Bonchev–Trinajstić information content (AvgIpc) is 2.32. The van der Waals surface area contributed by atoms with Crippen LogP contribution >= 0.6 is 27.5 Å². The fraction of sp³-hybridized carbons (Fsp3) is 0.143. The fourth-order valence-electron chi connectivity index (χ4n) is 1.78. The SMILES string of the molecule is OC(Cc1ccc(F)cc1Cl)c1ccc(F)cc1Br. The summed E-state index contributed by atoms with van der Waals surface area (Å²) in [4.78, 5) is 0. The van der Waals surface area contributed by atoms with Crippen LogP contribution in [0.3, 0.4) is 0 Å². The van der Waals surface area contributed by atoms with Crippen molar-refractivity contribution >= 4 is 27.5 Å². The minimum atomic E-state index is -0.849. The van der Waals surface area contributed by atoms with E-state index in [0.29, 0.717) is 15.6 Å².